The summed E-state index contributed by atoms with van der Waals surface area (Å²) in [6.07, 6.45) is 3.42. The number of anilines is 1. The Morgan fingerprint density at radius 3 is 2.62 bits per heavy atom. The van der Waals surface area contributed by atoms with E-state index >= 15 is 0 Å². The average molecular weight is 423 g/mol. The maximum absolute atomic E-state index is 12.3. The van der Waals surface area contributed by atoms with Gasteiger partial charge in [0, 0.05) is 35.9 Å². The zero-order chi connectivity index (χ0) is 20.2. The first kappa shape index (κ1) is 19.3. The standard InChI is InChI=1S/C20H18N6OS2/c1-13-3-5-14(6-4-13)16-11-28-19(22-16)23-17(27)12-29-20-25-24-18(26(20)2)15-7-9-21-10-8-15/h3-11H,12H2,1-2H3,(H,22,23,27). The Morgan fingerprint density at radius 1 is 1.10 bits per heavy atom. The highest BCUT2D eigenvalue weighted by atomic mass is 32.2. The quantitative estimate of drug-likeness (QED) is 0.472. The van der Waals surface area contributed by atoms with Crippen molar-refractivity contribution < 1.29 is 4.79 Å². The van der Waals surface area contributed by atoms with Crippen LogP contribution in [-0.2, 0) is 11.8 Å². The van der Waals surface area contributed by atoms with Crippen LogP contribution in [0.25, 0.3) is 22.6 Å². The van der Waals surface area contributed by atoms with Crippen molar-refractivity contribution in [3.8, 4) is 22.6 Å². The fourth-order valence-electron chi connectivity index (χ4n) is 2.67. The number of carbonyl (C=O) groups is 1. The van der Waals surface area contributed by atoms with Crippen LogP contribution in [0.2, 0.25) is 0 Å². The largest absolute Gasteiger partial charge is 0.305 e. The smallest absolute Gasteiger partial charge is 0.236 e. The number of thiazole rings is 1. The van der Waals surface area contributed by atoms with Crippen molar-refractivity contribution in [3.05, 3.63) is 59.7 Å². The molecule has 0 unspecified atom stereocenters. The van der Waals surface area contributed by atoms with Crippen LogP contribution in [0.5, 0.6) is 0 Å². The molecular weight excluding hydrogens is 404 g/mol. The number of hydrogen-bond donors (Lipinski definition) is 1. The van der Waals surface area contributed by atoms with E-state index in [0.29, 0.717) is 10.3 Å². The molecule has 0 saturated carbocycles. The van der Waals surface area contributed by atoms with Gasteiger partial charge in [-0.05, 0) is 19.1 Å². The van der Waals surface area contributed by atoms with Gasteiger partial charge in [-0.15, -0.1) is 21.5 Å². The van der Waals surface area contributed by atoms with Crippen molar-refractivity contribution in [1.82, 2.24) is 24.7 Å². The van der Waals surface area contributed by atoms with Gasteiger partial charge in [0.1, 0.15) is 0 Å². The highest BCUT2D eigenvalue weighted by molar-refractivity contribution is 7.99. The third-order valence-corrected chi connectivity index (χ3v) is 5.98. The second-order valence-corrected chi connectivity index (χ2v) is 8.14. The predicted molar refractivity (Wildman–Crippen MR) is 116 cm³/mol. The van der Waals surface area contributed by atoms with Gasteiger partial charge in [-0.2, -0.15) is 0 Å². The Kier molecular flexibility index (Phi) is 5.68. The molecule has 0 spiro atoms. The van der Waals surface area contributed by atoms with Gasteiger partial charge in [0.2, 0.25) is 5.91 Å². The molecular formula is C20H18N6OS2. The van der Waals surface area contributed by atoms with Crippen molar-refractivity contribution >= 4 is 34.1 Å². The summed E-state index contributed by atoms with van der Waals surface area (Å²) in [5, 5.41) is 14.5. The molecule has 146 valence electrons. The molecule has 0 aliphatic carbocycles. The van der Waals surface area contributed by atoms with Gasteiger partial charge in [0.15, 0.2) is 16.1 Å². The number of rotatable bonds is 6. The number of benzene rings is 1. The SMILES string of the molecule is Cc1ccc(-c2csc(NC(=O)CSc3nnc(-c4ccncc4)n3C)n2)cc1. The molecule has 0 saturated heterocycles. The van der Waals surface area contributed by atoms with Crippen molar-refractivity contribution in [1.29, 1.82) is 0 Å². The van der Waals surface area contributed by atoms with E-state index in [0.717, 1.165) is 22.6 Å². The molecule has 4 aromatic rings. The molecule has 0 bridgehead atoms. The molecule has 0 fully saturated rings. The minimum absolute atomic E-state index is 0.131. The third kappa shape index (κ3) is 4.52. The molecule has 3 aromatic heterocycles. The Morgan fingerprint density at radius 2 is 1.86 bits per heavy atom. The summed E-state index contributed by atoms with van der Waals surface area (Å²) in [6.45, 7) is 2.05. The number of nitrogens with one attached hydrogen (secondary N) is 1. The maximum Gasteiger partial charge on any atom is 0.236 e. The van der Waals surface area contributed by atoms with E-state index in [2.05, 4.69) is 25.5 Å². The molecule has 29 heavy (non-hydrogen) atoms. The molecule has 1 aromatic carbocycles. The van der Waals surface area contributed by atoms with Crippen molar-refractivity contribution in [2.75, 3.05) is 11.1 Å². The Hall–Kier alpha value is -3.04. The number of carbonyl (C=O) groups excluding carboxylic acids is 1. The molecule has 4 rings (SSSR count). The third-order valence-electron chi connectivity index (χ3n) is 4.20. The molecule has 9 heteroatoms. The van der Waals surface area contributed by atoms with Crippen LogP contribution in [0, 0.1) is 6.92 Å². The summed E-state index contributed by atoms with van der Waals surface area (Å²) in [7, 11) is 1.88. The zero-order valence-corrected chi connectivity index (χ0v) is 17.5. The van der Waals surface area contributed by atoms with Gasteiger partial charge < -0.3 is 9.88 Å². The van der Waals surface area contributed by atoms with Gasteiger partial charge in [0.05, 0.1) is 11.4 Å². The van der Waals surface area contributed by atoms with E-state index in [9.17, 15) is 4.79 Å². The minimum Gasteiger partial charge on any atom is -0.305 e. The average Bonchev–Trinajstić information content (AvgIpc) is 3.34. The molecule has 3 heterocycles. The summed E-state index contributed by atoms with van der Waals surface area (Å²) in [6, 6.07) is 11.9. The van der Waals surface area contributed by atoms with E-state index in [1.807, 2.05) is 60.3 Å². The zero-order valence-electron chi connectivity index (χ0n) is 15.9. The fraction of sp³-hybridized carbons (Fsp3) is 0.150. The Balaban J connectivity index is 1.36. The number of amides is 1. The first-order valence-electron chi connectivity index (χ1n) is 8.85. The van der Waals surface area contributed by atoms with Crippen LogP contribution in [0.4, 0.5) is 5.13 Å². The number of aromatic nitrogens is 5. The number of nitrogens with zero attached hydrogens (tertiary/aromatic N) is 5. The van der Waals surface area contributed by atoms with Crippen molar-refractivity contribution in [2.45, 2.75) is 12.1 Å². The molecule has 0 atom stereocenters. The summed E-state index contributed by atoms with van der Waals surface area (Å²) in [5.74, 6) is 0.827. The number of aryl methyl sites for hydroxylation is 1. The first-order valence-corrected chi connectivity index (χ1v) is 10.7. The fourth-order valence-corrected chi connectivity index (χ4v) is 4.11. The molecule has 1 amide bonds. The lowest BCUT2D eigenvalue weighted by Crippen LogP contribution is -2.14. The molecule has 0 aliphatic heterocycles. The molecule has 0 aliphatic rings. The number of hydrogen-bond acceptors (Lipinski definition) is 7. The van der Waals surface area contributed by atoms with Crippen molar-refractivity contribution in [3.63, 3.8) is 0 Å². The van der Waals surface area contributed by atoms with Crippen LogP contribution in [0.15, 0.2) is 59.3 Å². The first-order chi connectivity index (χ1) is 14.1. The normalized spacial score (nSPS) is 10.8. The van der Waals surface area contributed by atoms with Crippen LogP contribution < -0.4 is 5.32 Å². The molecule has 1 N–H and O–H groups in total. The second-order valence-electron chi connectivity index (χ2n) is 6.34. The summed E-state index contributed by atoms with van der Waals surface area (Å²) in [4.78, 5) is 20.8. The summed E-state index contributed by atoms with van der Waals surface area (Å²) in [5.41, 5.74) is 4.01. The van der Waals surface area contributed by atoms with E-state index in [1.165, 1.54) is 28.7 Å². The lowest BCUT2D eigenvalue weighted by molar-refractivity contribution is -0.113. The van der Waals surface area contributed by atoms with Gasteiger partial charge >= 0.3 is 0 Å². The second kappa shape index (κ2) is 8.54. The van der Waals surface area contributed by atoms with Crippen LogP contribution in [0.3, 0.4) is 0 Å². The molecule has 0 radical (unpaired) electrons. The lowest BCUT2D eigenvalue weighted by Gasteiger charge is -2.04. The van der Waals surface area contributed by atoms with Crippen molar-refractivity contribution in [2.24, 2.45) is 7.05 Å². The summed E-state index contributed by atoms with van der Waals surface area (Å²) >= 11 is 2.74. The van der Waals surface area contributed by atoms with E-state index < -0.39 is 0 Å². The number of thioether (sulfide) groups is 1. The van der Waals surface area contributed by atoms with E-state index in [4.69, 9.17) is 0 Å². The predicted octanol–water partition coefficient (Wildman–Crippen LogP) is 4.04. The highest BCUT2D eigenvalue weighted by Gasteiger charge is 2.14. The topological polar surface area (TPSA) is 85.6 Å². The monoisotopic (exact) mass is 422 g/mol. The minimum atomic E-state index is -0.131. The van der Waals surface area contributed by atoms with Crippen LogP contribution in [-0.4, -0.2) is 36.4 Å². The van der Waals surface area contributed by atoms with E-state index in [1.54, 1.807) is 12.4 Å². The Labute approximate surface area is 176 Å². The highest BCUT2D eigenvalue weighted by Crippen LogP contribution is 2.26. The van der Waals surface area contributed by atoms with Gasteiger partial charge in [-0.25, -0.2) is 4.98 Å². The summed E-state index contributed by atoms with van der Waals surface area (Å²) < 4.78 is 1.87. The molecule has 7 nitrogen and oxygen atoms in total. The van der Waals surface area contributed by atoms with Gasteiger partial charge in [0.25, 0.3) is 0 Å². The van der Waals surface area contributed by atoms with Gasteiger partial charge in [-0.1, -0.05) is 41.6 Å². The van der Waals surface area contributed by atoms with E-state index in [-0.39, 0.29) is 11.7 Å². The lowest BCUT2D eigenvalue weighted by atomic mass is 10.1. The Bertz CT molecular complexity index is 1120. The van der Waals surface area contributed by atoms with Crippen LogP contribution >= 0.6 is 23.1 Å². The number of pyridine rings is 1. The van der Waals surface area contributed by atoms with Gasteiger partial charge in [-0.3, -0.25) is 9.78 Å². The maximum atomic E-state index is 12.3. The van der Waals surface area contributed by atoms with Crippen LogP contribution in [0.1, 0.15) is 5.56 Å².